The summed E-state index contributed by atoms with van der Waals surface area (Å²) in [5.74, 6) is 1.41. The van der Waals surface area contributed by atoms with Crippen molar-refractivity contribution >= 4 is 23.2 Å². The van der Waals surface area contributed by atoms with E-state index in [0.29, 0.717) is 28.5 Å². The molecule has 0 spiro atoms. The van der Waals surface area contributed by atoms with Crippen LogP contribution in [0.5, 0.6) is 17.2 Å². The molecular weight excluding hydrogens is 318 g/mol. The number of rotatable bonds is 6. The SMILES string of the molecule is COc1cccc(NC(=O)C(Cl)c2ccc(OC)c(OC)c2)c1. The van der Waals surface area contributed by atoms with Gasteiger partial charge in [-0.2, -0.15) is 0 Å². The summed E-state index contributed by atoms with van der Waals surface area (Å²) in [7, 11) is 4.64. The van der Waals surface area contributed by atoms with Gasteiger partial charge in [0.15, 0.2) is 11.5 Å². The number of ether oxygens (including phenoxy) is 3. The highest BCUT2D eigenvalue weighted by molar-refractivity contribution is 6.32. The molecule has 0 aliphatic carbocycles. The van der Waals surface area contributed by atoms with Crippen LogP contribution in [0.25, 0.3) is 0 Å². The van der Waals surface area contributed by atoms with Crippen molar-refractivity contribution in [3.63, 3.8) is 0 Å². The topological polar surface area (TPSA) is 56.8 Å². The van der Waals surface area contributed by atoms with Crippen LogP contribution in [0.2, 0.25) is 0 Å². The number of halogens is 1. The zero-order valence-electron chi connectivity index (χ0n) is 13.1. The fraction of sp³-hybridized carbons (Fsp3) is 0.235. The fourth-order valence-electron chi connectivity index (χ4n) is 2.07. The second-order valence-electron chi connectivity index (χ2n) is 4.70. The Labute approximate surface area is 140 Å². The molecule has 1 N–H and O–H groups in total. The molecule has 0 aliphatic rings. The first-order chi connectivity index (χ1) is 11.1. The van der Waals surface area contributed by atoms with Crippen LogP contribution >= 0.6 is 11.6 Å². The number of carbonyl (C=O) groups is 1. The molecule has 0 fully saturated rings. The summed E-state index contributed by atoms with van der Waals surface area (Å²) >= 11 is 6.27. The maximum Gasteiger partial charge on any atom is 0.246 e. The molecular formula is C17H18ClNO4. The molecule has 0 saturated carbocycles. The molecule has 0 saturated heterocycles. The highest BCUT2D eigenvalue weighted by Crippen LogP contribution is 2.32. The number of amides is 1. The highest BCUT2D eigenvalue weighted by atomic mass is 35.5. The number of benzene rings is 2. The molecule has 0 aliphatic heterocycles. The molecule has 2 aromatic carbocycles. The summed E-state index contributed by atoms with van der Waals surface area (Å²) in [6.45, 7) is 0. The van der Waals surface area contributed by atoms with E-state index < -0.39 is 5.38 Å². The Morgan fingerprint density at radius 2 is 1.74 bits per heavy atom. The lowest BCUT2D eigenvalue weighted by Crippen LogP contribution is -2.17. The van der Waals surface area contributed by atoms with E-state index in [-0.39, 0.29) is 5.91 Å². The summed E-state index contributed by atoms with van der Waals surface area (Å²) in [4.78, 5) is 12.3. The summed E-state index contributed by atoms with van der Waals surface area (Å²) in [5.41, 5.74) is 1.23. The quantitative estimate of drug-likeness (QED) is 0.819. The molecule has 6 heteroatoms. The molecule has 0 bridgehead atoms. The van der Waals surface area contributed by atoms with Crippen LogP contribution in [0.4, 0.5) is 5.69 Å². The van der Waals surface area contributed by atoms with Crippen molar-refractivity contribution in [1.82, 2.24) is 0 Å². The fourth-order valence-corrected chi connectivity index (χ4v) is 2.26. The molecule has 2 rings (SSSR count). The van der Waals surface area contributed by atoms with Crippen molar-refractivity contribution in [1.29, 1.82) is 0 Å². The minimum Gasteiger partial charge on any atom is -0.497 e. The average Bonchev–Trinajstić information content (AvgIpc) is 2.60. The number of nitrogens with one attached hydrogen (secondary N) is 1. The molecule has 0 aromatic heterocycles. The van der Waals surface area contributed by atoms with Gasteiger partial charge in [-0.25, -0.2) is 0 Å². The molecule has 122 valence electrons. The average molecular weight is 336 g/mol. The van der Waals surface area contributed by atoms with E-state index in [2.05, 4.69) is 5.32 Å². The third-order valence-electron chi connectivity index (χ3n) is 3.27. The Morgan fingerprint density at radius 3 is 2.39 bits per heavy atom. The first-order valence-electron chi connectivity index (χ1n) is 6.90. The van der Waals surface area contributed by atoms with Crippen molar-refractivity contribution in [2.75, 3.05) is 26.6 Å². The smallest absolute Gasteiger partial charge is 0.246 e. The molecule has 1 amide bonds. The lowest BCUT2D eigenvalue weighted by molar-refractivity contribution is -0.116. The standard InChI is InChI=1S/C17H18ClNO4/c1-21-13-6-4-5-12(10-13)19-17(20)16(18)11-7-8-14(22-2)15(9-11)23-3/h4-10,16H,1-3H3,(H,19,20). The normalized spacial score (nSPS) is 11.5. The minimum absolute atomic E-state index is 0.341. The van der Waals surface area contributed by atoms with Gasteiger partial charge in [-0.3, -0.25) is 4.79 Å². The molecule has 2 aromatic rings. The Kier molecular flexibility index (Phi) is 5.71. The van der Waals surface area contributed by atoms with Gasteiger partial charge in [-0.1, -0.05) is 12.1 Å². The van der Waals surface area contributed by atoms with Crippen molar-refractivity contribution in [3.8, 4) is 17.2 Å². The molecule has 0 radical (unpaired) electrons. The molecule has 5 nitrogen and oxygen atoms in total. The van der Waals surface area contributed by atoms with Gasteiger partial charge in [0.2, 0.25) is 5.91 Å². The van der Waals surface area contributed by atoms with E-state index in [1.165, 1.54) is 7.11 Å². The van der Waals surface area contributed by atoms with Crippen LogP contribution in [0.15, 0.2) is 42.5 Å². The first kappa shape index (κ1) is 17.0. The van der Waals surface area contributed by atoms with Crippen LogP contribution in [0.1, 0.15) is 10.9 Å². The zero-order valence-corrected chi connectivity index (χ0v) is 13.9. The lowest BCUT2D eigenvalue weighted by atomic mass is 10.1. The van der Waals surface area contributed by atoms with E-state index in [0.717, 1.165) is 0 Å². The van der Waals surface area contributed by atoms with E-state index >= 15 is 0 Å². The Morgan fingerprint density at radius 1 is 1.00 bits per heavy atom. The maximum atomic E-state index is 12.3. The summed E-state index contributed by atoms with van der Waals surface area (Å²) in [6, 6.07) is 12.2. The molecule has 1 unspecified atom stereocenters. The van der Waals surface area contributed by atoms with Crippen molar-refractivity contribution in [2.24, 2.45) is 0 Å². The van der Waals surface area contributed by atoms with Gasteiger partial charge < -0.3 is 19.5 Å². The van der Waals surface area contributed by atoms with Crippen LogP contribution in [0.3, 0.4) is 0 Å². The van der Waals surface area contributed by atoms with Crippen LogP contribution in [-0.4, -0.2) is 27.2 Å². The second-order valence-corrected chi connectivity index (χ2v) is 5.13. The Hall–Kier alpha value is -2.40. The molecule has 1 atom stereocenters. The number of hydrogen-bond acceptors (Lipinski definition) is 4. The predicted octanol–water partition coefficient (Wildman–Crippen LogP) is 3.63. The van der Waals surface area contributed by atoms with Gasteiger partial charge in [0, 0.05) is 11.8 Å². The van der Waals surface area contributed by atoms with Gasteiger partial charge >= 0.3 is 0 Å². The van der Waals surface area contributed by atoms with Gasteiger partial charge in [-0.15, -0.1) is 11.6 Å². The van der Waals surface area contributed by atoms with E-state index in [4.69, 9.17) is 25.8 Å². The Balaban J connectivity index is 2.15. The Bertz CT molecular complexity index is 690. The minimum atomic E-state index is -0.860. The van der Waals surface area contributed by atoms with Gasteiger partial charge in [0.1, 0.15) is 11.1 Å². The van der Waals surface area contributed by atoms with Crippen LogP contribution in [-0.2, 0) is 4.79 Å². The van der Waals surface area contributed by atoms with Crippen molar-refractivity contribution < 1.29 is 19.0 Å². The maximum absolute atomic E-state index is 12.3. The third kappa shape index (κ3) is 4.07. The van der Waals surface area contributed by atoms with E-state index in [9.17, 15) is 4.79 Å². The third-order valence-corrected chi connectivity index (χ3v) is 3.72. The van der Waals surface area contributed by atoms with E-state index in [1.807, 2.05) is 0 Å². The summed E-state index contributed by atoms with van der Waals surface area (Å²) in [6.07, 6.45) is 0. The summed E-state index contributed by atoms with van der Waals surface area (Å²) in [5, 5.41) is 1.90. The van der Waals surface area contributed by atoms with Gasteiger partial charge in [0.05, 0.1) is 21.3 Å². The number of hydrogen-bond donors (Lipinski definition) is 1. The van der Waals surface area contributed by atoms with Crippen molar-refractivity contribution in [2.45, 2.75) is 5.38 Å². The largest absolute Gasteiger partial charge is 0.497 e. The first-order valence-corrected chi connectivity index (χ1v) is 7.33. The number of alkyl halides is 1. The van der Waals surface area contributed by atoms with Gasteiger partial charge in [-0.05, 0) is 29.8 Å². The number of anilines is 1. The van der Waals surface area contributed by atoms with Gasteiger partial charge in [0.25, 0.3) is 0 Å². The highest BCUT2D eigenvalue weighted by Gasteiger charge is 2.19. The lowest BCUT2D eigenvalue weighted by Gasteiger charge is -2.14. The zero-order chi connectivity index (χ0) is 16.8. The molecule has 0 heterocycles. The van der Waals surface area contributed by atoms with Crippen LogP contribution < -0.4 is 19.5 Å². The van der Waals surface area contributed by atoms with Crippen LogP contribution in [0, 0.1) is 0 Å². The monoisotopic (exact) mass is 335 g/mol. The summed E-state index contributed by atoms with van der Waals surface area (Å²) < 4.78 is 15.5. The predicted molar refractivity (Wildman–Crippen MR) is 89.8 cm³/mol. The molecule has 23 heavy (non-hydrogen) atoms. The van der Waals surface area contributed by atoms with E-state index in [1.54, 1.807) is 56.7 Å². The van der Waals surface area contributed by atoms with Crippen molar-refractivity contribution in [3.05, 3.63) is 48.0 Å². The second kappa shape index (κ2) is 7.74. The number of methoxy groups -OCH3 is 3. The number of carbonyl (C=O) groups excluding carboxylic acids is 1.